The minimum Gasteiger partial charge on any atom is -0.384 e. The molecule has 2 unspecified atom stereocenters. The molecule has 3 nitrogen and oxygen atoms in total. The van der Waals surface area contributed by atoms with Gasteiger partial charge in [-0.25, -0.2) is 0 Å². The van der Waals surface area contributed by atoms with Gasteiger partial charge in [-0.05, 0) is 49.5 Å². The number of methoxy groups -OCH3 is 1. The molecule has 1 saturated heterocycles. The predicted molar refractivity (Wildman–Crippen MR) is 82.1 cm³/mol. The van der Waals surface area contributed by atoms with Gasteiger partial charge in [-0.1, -0.05) is 28.1 Å². The first-order chi connectivity index (χ1) is 9.19. The van der Waals surface area contributed by atoms with E-state index >= 15 is 0 Å². The number of nitrogens with zero attached hydrogens (tertiary/aromatic N) is 1. The Labute approximate surface area is 124 Å². The molecule has 0 aromatic heterocycles. The number of ether oxygens (including phenoxy) is 1. The zero-order chi connectivity index (χ0) is 13.7. The predicted octanol–water partition coefficient (Wildman–Crippen LogP) is 2.81. The van der Waals surface area contributed by atoms with Crippen LogP contribution in [0, 0.1) is 5.92 Å². The highest BCUT2D eigenvalue weighted by Crippen LogP contribution is 2.21. The summed E-state index contributed by atoms with van der Waals surface area (Å²) in [6, 6.07) is 8.45. The van der Waals surface area contributed by atoms with E-state index in [9.17, 15) is 0 Å². The van der Waals surface area contributed by atoms with E-state index in [1.807, 2.05) is 0 Å². The Bertz CT molecular complexity index is 382. The van der Waals surface area contributed by atoms with Crippen molar-refractivity contribution in [3.05, 3.63) is 34.3 Å². The van der Waals surface area contributed by atoms with Crippen molar-refractivity contribution in [2.45, 2.75) is 18.9 Å². The molecular formula is C15H23BrN2O. The van der Waals surface area contributed by atoms with E-state index in [0.717, 1.165) is 30.6 Å². The van der Waals surface area contributed by atoms with Crippen LogP contribution in [0.15, 0.2) is 28.7 Å². The highest BCUT2D eigenvalue weighted by molar-refractivity contribution is 9.10. The standard InChI is InChI=1S/C15H23BrN2O/c1-19-11-12-6-8-18(10-12)9-7-15(17)13-2-4-14(16)5-3-13/h2-5,12,15H,6-11,17H2,1H3. The first-order valence-corrected chi connectivity index (χ1v) is 7.70. The van der Waals surface area contributed by atoms with Crippen LogP contribution in [0.1, 0.15) is 24.4 Å². The molecule has 2 atom stereocenters. The molecule has 0 aliphatic carbocycles. The number of nitrogens with two attached hydrogens (primary N) is 1. The average Bonchev–Trinajstić information content (AvgIpc) is 2.85. The number of halogens is 1. The van der Waals surface area contributed by atoms with Crippen LogP contribution in [-0.2, 0) is 4.74 Å². The van der Waals surface area contributed by atoms with E-state index in [0.29, 0.717) is 5.92 Å². The third kappa shape index (κ3) is 4.56. The Morgan fingerprint density at radius 1 is 1.42 bits per heavy atom. The van der Waals surface area contributed by atoms with Crippen LogP contribution < -0.4 is 5.73 Å². The van der Waals surface area contributed by atoms with Crippen LogP contribution in [-0.4, -0.2) is 38.3 Å². The summed E-state index contributed by atoms with van der Waals surface area (Å²) in [7, 11) is 1.78. The van der Waals surface area contributed by atoms with Crippen LogP contribution in [0.5, 0.6) is 0 Å². The van der Waals surface area contributed by atoms with Gasteiger partial charge in [0.15, 0.2) is 0 Å². The Balaban J connectivity index is 1.75. The summed E-state index contributed by atoms with van der Waals surface area (Å²) >= 11 is 3.45. The number of benzene rings is 1. The number of hydrogen-bond donors (Lipinski definition) is 1. The Morgan fingerprint density at radius 2 is 2.16 bits per heavy atom. The zero-order valence-corrected chi connectivity index (χ0v) is 13.1. The molecule has 1 fully saturated rings. The van der Waals surface area contributed by atoms with Crippen LogP contribution in [0.2, 0.25) is 0 Å². The van der Waals surface area contributed by atoms with Gasteiger partial charge in [0.2, 0.25) is 0 Å². The molecule has 1 aliphatic rings. The van der Waals surface area contributed by atoms with Crippen molar-refractivity contribution in [3.63, 3.8) is 0 Å². The number of rotatable bonds is 6. The molecular weight excluding hydrogens is 304 g/mol. The van der Waals surface area contributed by atoms with E-state index in [-0.39, 0.29) is 6.04 Å². The third-order valence-corrected chi connectivity index (χ3v) is 4.36. The fraction of sp³-hybridized carbons (Fsp3) is 0.600. The minimum atomic E-state index is 0.134. The lowest BCUT2D eigenvalue weighted by atomic mass is 10.0. The van der Waals surface area contributed by atoms with E-state index in [1.54, 1.807) is 7.11 Å². The highest BCUT2D eigenvalue weighted by Gasteiger charge is 2.22. The molecule has 0 bridgehead atoms. The Hall–Kier alpha value is -0.420. The summed E-state index contributed by atoms with van der Waals surface area (Å²) in [5, 5.41) is 0. The van der Waals surface area contributed by atoms with Crippen molar-refractivity contribution in [2.75, 3.05) is 33.4 Å². The molecule has 0 saturated carbocycles. The Morgan fingerprint density at radius 3 is 2.84 bits per heavy atom. The molecule has 0 radical (unpaired) electrons. The minimum absolute atomic E-state index is 0.134. The molecule has 1 aliphatic heterocycles. The van der Waals surface area contributed by atoms with Crippen LogP contribution in [0.3, 0.4) is 0 Å². The summed E-state index contributed by atoms with van der Waals surface area (Å²) in [4.78, 5) is 2.50. The van der Waals surface area contributed by atoms with Crippen molar-refractivity contribution < 1.29 is 4.74 Å². The maximum Gasteiger partial charge on any atom is 0.0503 e. The maximum absolute atomic E-state index is 6.25. The number of hydrogen-bond acceptors (Lipinski definition) is 3. The SMILES string of the molecule is COCC1CCN(CCC(N)c2ccc(Br)cc2)C1. The second kappa shape index (κ2) is 7.39. The summed E-state index contributed by atoms with van der Waals surface area (Å²) in [5.74, 6) is 0.703. The normalized spacial score (nSPS) is 21.7. The maximum atomic E-state index is 6.25. The quantitative estimate of drug-likeness (QED) is 0.873. The molecule has 2 N–H and O–H groups in total. The fourth-order valence-electron chi connectivity index (χ4n) is 2.69. The lowest BCUT2D eigenvalue weighted by Gasteiger charge is -2.19. The van der Waals surface area contributed by atoms with Crippen LogP contribution in [0.25, 0.3) is 0 Å². The van der Waals surface area contributed by atoms with Gasteiger partial charge in [0, 0.05) is 24.2 Å². The monoisotopic (exact) mass is 326 g/mol. The molecule has 1 aromatic carbocycles. The molecule has 0 amide bonds. The van der Waals surface area contributed by atoms with Crippen molar-refractivity contribution in [1.29, 1.82) is 0 Å². The van der Waals surface area contributed by atoms with Gasteiger partial charge >= 0.3 is 0 Å². The fourth-order valence-corrected chi connectivity index (χ4v) is 2.95. The summed E-state index contributed by atoms with van der Waals surface area (Å²) in [6.07, 6.45) is 2.27. The van der Waals surface area contributed by atoms with Crippen molar-refractivity contribution in [3.8, 4) is 0 Å². The second-order valence-electron chi connectivity index (χ2n) is 5.36. The second-order valence-corrected chi connectivity index (χ2v) is 6.27. The molecule has 0 spiro atoms. The van der Waals surface area contributed by atoms with E-state index in [4.69, 9.17) is 10.5 Å². The van der Waals surface area contributed by atoms with E-state index in [2.05, 4.69) is 45.1 Å². The molecule has 4 heteroatoms. The first-order valence-electron chi connectivity index (χ1n) is 6.91. The van der Waals surface area contributed by atoms with Gasteiger partial charge in [0.1, 0.15) is 0 Å². The molecule has 2 rings (SSSR count). The van der Waals surface area contributed by atoms with Gasteiger partial charge in [0.05, 0.1) is 6.61 Å². The zero-order valence-electron chi connectivity index (χ0n) is 11.5. The molecule has 1 heterocycles. The molecule has 1 aromatic rings. The van der Waals surface area contributed by atoms with Gasteiger partial charge in [0.25, 0.3) is 0 Å². The van der Waals surface area contributed by atoms with Gasteiger partial charge in [-0.3, -0.25) is 0 Å². The lowest BCUT2D eigenvalue weighted by molar-refractivity contribution is 0.153. The van der Waals surface area contributed by atoms with Gasteiger partial charge in [-0.15, -0.1) is 0 Å². The van der Waals surface area contributed by atoms with Crippen molar-refractivity contribution in [1.82, 2.24) is 4.90 Å². The third-order valence-electron chi connectivity index (χ3n) is 3.83. The van der Waals surface area contributed by atoms with Crippen molar-refractivity contribution in [2.24, 2.45) is 11.7 Å². The van der Waals surface area contributed by atoms with Crippen molar-refractivity contribution >= 4 is 15.9 Å². The average molecular weight is 327 g/mol. The van der Waals surface area contributed by atoms with Gasteiger partial charge in [-0.2, -0.15) is 0 Å². The molecule has 19 heavy (non-hydrogen) atoms. The number of likely N-dealkylation sites (tertiary alicyclic amines) is 1. The van der Waals surface area contributed by atoms with Gasteiger partial charge < -0.3 is 15.4 Å². The largest absolute Gasteiger partial charge is 0.384 e. The van der Waals surface area contributed by atoms with Crippen LogP contribution in [0.4, 0.5) is 0 Å². The van der Waals surface area contributed by atoms with E-state index < -0.39 is 0 Å². The van der Waals surface area contributed by atoms with E-state index in [1.165, 1.54) is 18.5 Å². The Kier molecular flexibility index (Phi) is 5.82. The smallest absolute Gasteiger partial charge is 0.0503 e. The summed E-state index contributed by atoms with van der Waals surface area (Å²) in [6.45, 7) is 4.30. The highest BCUT2D eigenvalue weighted by atomic mass is 79.9. The molecule has 106 valence electrons. The van der Waals surface area contributed by atoms with Crippen LogP contribution >= 0.6 is 15.9 Å². The summed E-state index contributed by atoms with van der Waals surface area (Å²) in [5.41, 5.74) is 7.47. The summed E-state index contributed by atoms with van der Waals surface area (Å²) < 4.78 is 6.33. The lowest BCUT2D eigenvalue weighted by Crippen LogP contribution is -2.26. The topological polar surface area (TPSA) is 38.5 Å². The first kappa shape index (κ1) is 15.0.